The summed E-state index contributed by atoms with van der Waals surface area (Å²) in [6, 6.07) is 1.06. The van der Waals surface area contributed by atoms with E-state index in [0.29, 0.717) is 32.3 Å². The van der Waals surface area contributed by atoms with Crippen LogP contribution in [0.5, 0.6) is 0 Å². The normalized spacial score (nSPS) is 39.8. The van der Waals surface area contributed by atoms with Crippen LogP contribution in [0.15, 0.2) is 11.6 Å². The minimum absolute atomic E-state index is 0.0508. The molecule has 0 aromatic heterocycles. The minimum Gasteiger partial charge on any atom is -0.360 e. The molecule has 1 aliphatic heterocycles. The van der Waals surface area contributed by atoms with Crippen molar-refractivity contribution in [2.45, 2.75) is 116 Å². The zero-order chi connectivity index (χ0) is 25.4. The smallest absolute Gasteiger partial charge is 0.197 e. The standard InChI is InChI=1S/C28H46O5Si/c1-19(2)10-11-28-23(30)26(32-18-31-12-13-34(7,8)9)14-20-21(29)15-24(3,4)17-27(20,28)22(16-26)25(5,6)33-28/h10,20,22H,11-18H2,1-9H3/t20?,22-,26-,27-,28+/m1/s1. The van der Waals surface area contributed by atoms with Gasteiger partial charge in [0.1, 0.15) is 23.8 Å². The second-order valence-electron chi connectivity index (χ2n) is 14.4. The number of hydrogen-bond acceptors (Lipinski definition) is 5. The zero-order valence-corrected chi connectivity index (χ0v) is 23.9. The van der Waals surface area contributed by atoms with Gasteiger partial charge >= 0.3 is 0 Å². The van der Waals surface area contributed by atoms with Crippen molar-refractivity contribution in [1.29, 1.82) is 0 Å². The van der Waals surface area contributed by atoms with E-state index in [1.165, 1.54) is 0 Å². The topological polar surface area (TPSA) is 61.8 Å². The van der Waals surface area contributed by atoms with Gasteiger partial charge < -0.3 is 14.2 Å². The summed E-state index contributed by atoms with van der Waals surface area (Å²) in [5, 5.41) is 0. The van der Waals surface area contributed by atoms with Gasteiger partial charge in [-0.15, -0.1) is 0 Å². The van der Waals surface area contributed by atoms with E-state index < -0.39 is 30.3 Å². The Hall–Kier alpha value is -0.823. The number of allylic oxidation sites excluding steroid dienone is 1. The third kappa shape index (κ3) is 3.91. The fraction of sp³-hybridized carbons (Fsp3) is 0.857. The van der Waals surface area contributed by atoms with Gasteiger partial charge in [-0.1, -0.05) is 45.1 Å². The molecule has 4 saturated carbocycles. The number of carbonyl (C=O) groups excluding carboxylic acids is 2. The molecule has 5 aliphatic rings. The van der Waals surface area contributed by atoms with Gasteiger partial charge in [-0.2, -0.15) is 0 Å². The van der Waals surface area contributed by atoms with Crippen molar-refractivity contribution in [2.24, 2.45) is 22.7 Å². The van der Waals surface area contributed by atoms with Gasteiger partial charge in [0.05, 0.1) is 5.60 Å². The fourth-order valence-corrected chi connectivity index (χ4v) is 8.65. The maximum Gasteiger partial charge on any atom is 0.197 e. The number of carbonyl (C=O) groups is 2. The highest BCUT2D eigenvalue weighted by Gasteiger charge is 2.84. The summed E-state index contributed by atoms with van der Waals surface area (Å²) >= 11 is 0. The molecule has 0 amide bonds. The summed E-state index contributed by atoms with van der Waals surface area (Å²) in [4.78, 5) is 28.3. The Kier molecular flexibility index (Phi) is 6.25. The van der Waals surface area contributed by atoms with Crippen molar-refractivity contribution >= 4 is 19.6 Å². The van der Waals surface area contributed by atoms with Gasteiger partial charge in [-0.25, -0.2) is 0 Å². The summed E-state index contributed by atoms with van der Waals surface area (Å²) in [5.41, 5.74) is -1.98. The van der Waals surface area contributed by atoms with Crippen LogP contribution < -0.4 is 0 Å². The summed E-state index contributed by atoms with van der Waals surface area (Å²) in [6.07, 6.45) is 5.14. The Morgan fingerprint density at radius 1 is 1.12 bits per heavy atom. The van der Waals surface area contributed by atoms with E-state index in [1.807, 2.05) is 0 Å². The number of hydrogen-bond donors (Lipinski definition) is 0. The molecule has 1 spiro atoms. The van der Waals surface area contributed by atoms with Crippen LogP contribution in [0.1, 0.15) is 73.6 Å². The van der Waals surface area contributed by atoms with Crippen molar-refractivity contribution in [3.63, 3.8) is 0 Å². The van der Waals surface area contributed by atoms with Crippen LogP contribution >= 0.6 is 0 Å². The zero-order valence-electron chi connectivity index (χ0n) is 22.9. The second kappa shape index (κ2) is 8.09. The van der Waals surface area contributed by atoms with Crippen molar-refractivity contribution in [3.05, 3.63) is 11.6 Å². The van der Waals surface area contributed by atoms with E-state index in [2.05, 4.69) is 67.3 Å². The van der Waals surface area contributed by atoms with Crippen molar-refractivity contribution in [2.75, 3.05) is 13.4 Å². The highest BCUT2D eigenvalue weighted by molar-refractivity contribution is 6.76. The largest absolute Gasteiger partial charge is 0.360 e. The average molecular weight is 491 g/mol. The van der Waals surface area contributed by atoms with Gasteiger partial charge in [-0.05, 0) is 58.4 Å². The molecule has 0 radical (unpaired) electrons. The van der Waals surface area contributed by atoms with E-state index in [9.17, 15) is 9.59 Å². The lowest BCUT2D eigenvalue weighted by atomic mass is 9.36. The molecule has 6 heteroatoms. The Labute approximate surface area is 207 Å². The minimum atomic E-state index is -1.21. The van der Waals surface area contributed by atoms with E-state index in [-0.39, 0.29) is 35.6 Å². The van der Waals surface area contributed by atoms with Gasteiger partial charge in [0, 0.05) is 44.8 Å². The molecular weight excluding hydrogens is 444 g/mol. The Bertz CT molecular complexity index is 895. The monoisotopic (exact) mass is 490 g/mol. The number of ketones is 2. The van der Waals surface area contributed by atoms with Gasteiger partial charge in [0.25, 0.3) is 0 Å². The fourth-order valence-electron chi connectivity index (χ4n) is 7.89. The lowest BCUT2D eigenvalue weighted by molar-refractivity contribution is -0.248. The Balaban J connectivity index is 1.74. The van der Waals surface area contributed by atoms with Crippen LogP contribution in [0, 0.1) is 22.7 Å². The van der Waals surface area contributed by atoms with E-state index in [4.69, 9.17) is 14.2 Å². The van der Waals surface area contributed by atoms with Crippen LogP contribution in [0.2, 0.25) is 25.7 Å². The molecule has 1 saturated heterocycles. The first kappa shape index (κ1) is 26.2. The Morgan fingerprint density at radius 2 is 1.79 bits per heavy atom. The van der Waals surface area contributed by atoms with Crippen LogP contribution in [-0.4, -0.2) is 49.8 Å². The summed E-state index contributed by atoms with van der Waals surface area (Å²) in [7, 11) is -1.21. The molecule has 0 aromatic carbocycles. The average Bonchev–Trinajstić information content (AvgIpc) is 2.82. The predicted octanol–water partition coefficient (Wildman–Crippen LogP) is 5.94. The number of rotatable bonds is 8. The third-order valence-corrected chi connectivity index (χ3v) is 10.8. The number of Topliss-reactive ketones (excluding diaryl/α,β-unsaturated/α-hetero) is 2. The molecule has 192 valence electrons. The maximum absolute atomic E-state index is 14.5. The SMILES string of the molecule is CC(C)=CC[C@@]12OC(C)(C)[C@H]3C[C@](OCOCC[Si](C)(C)C)(CC4C(=O)CC(C)(C)C[C@@]431)C2=O. The lowest BCUT2D eigenvalue weighted by Gasteiger charge is -2.66. The molecule has 5 nitrogen and oxygen atoms in total. The summed E-state index contributed by atoms with van der Waals surface area (Å²) < 4.78 is 19.2. The summed E-state index contributed by atoms with van der Waals surface area (Å²) in [6.45, 7) is 20.4. The predicted molar refractivity (Wildman–Crippen MR) is 136 cm³/mol. The molecule has 5 atom stereocenters. The molecule has 34 heavy (non-hydrogen) atoms. The van der Waals surface area contributed by atoms with Crippen molar-refractivity contribution in [3.8, 4) is 0 Å². The molecule has 4 aliphatic carbocycles. The maximum atomic E-state index is 14.5. The van der Waals surface area contributed by atoms with Gasteiger partial charge in [-0.3, -0.25) is 9.59 Å². The van der Waals surface area contributed by atoms with Crippen LogP contribution in [0.25, 0.3) is 0 Å². The van der Waals surface area contributed by atoms with E-state index in [0.717, 1.165) is 18.0 Å². The molecule has 0 aromatic rings. The highest BCUT2D eigenvalue weighted by atomic mass is 28.3. The van der Waals surface area contributed by atoms with E-state index >= 15 is 0 Å². The van der Waals surface area contributed by atoms with Crippen LogP contribution in [0.4, 0.5) is 0 Å². The summed E-state index contributed by atoms with van der Waals surface area (Å²) in [5.74, 6) is 0.220. The van der Waals surface area contributed by atoms with Crippen molar-refractivity contribution in [1.82, 2.24) is 0 Å². The Morgan fingerprint density at radius 3 is 2.41 bits per heavy atom. The van der Waals surface area contributed by atoms with Gasteiger partial charge in [0.15, 0.2) is 5.78 Å². The molecule has 4 bridgehead atoms. The first-order valence-corrected chi connectivity index (χ1v) is 16.8. The van der Waals surface area contributed by atoms with E-state index in [1.54, 1.807) is 0 Å². The van der Waals surface area contributed by atoms with Gasteiger partial charge in [0.2, 0.25) is 0 Å². The highest BCUT2D eigenvalue weighted by Crippen LogP contribution is 2.76. The van der Waals surface area contributed by atoms with Crippen LogP contribution in [0.3, 0.4) is 0 Å². The second-order valence-corrected chi connectivity index (χ2v) is 20.0. The molecule has 1 unspecified atom stereocenters. The first-order chi connectivity index (χ1) is 15.5. The molecule has 5 rings (SSSR count). The lowest BCUT2D eigenvalue weighted by Crippen LogP contribution is -2.76. The quantitative estimate of drug-likeness (QED) is 0.182. The third-order valence-electron chi connectivity index (χ3n) is 9.15. The molecule has 1 heterocycles. The molecule has 5 fully saturated rings. The molecular formula is C28H46O5Si. The van der Waals surface area contributed by atoms with Crippen LogP contribution in [-0.2, 0) is 23.8 Å². The molecule has 0 N–H and O–H groups in total. The first-order valence-electron chi connectivity index (χ1n) is 13.1. The number of ether oxygens (including phenoxy) is 3. The van der Waals surface area contributed by atoms with Crippen molar-refractivity contribution < 1.29 is 23.8 Å².